The van der Waals surface area contributed by atoms with Gasteiger partial charge in [0.25, 0.3) is 11.8 Å². The molecule has 1 atom stereocenters. The normalized spacial score (nSPS) is 21.9. The third-order valence-electron chi connectivity index (χ3n) is 6.00. The van der Waals surface area contributed by atoms with E-state index < -0.39 is 0 Å². The van der Waals surface area contributed by atoms with Gasteiger partial charge in [-0.05, 0) is 49.4 Å². The first kappa shape index (κ1) is 18.0. The van der Waals surface area contributed by atoms with Crippen molar-refractivity contribution in [2.24, 2.45) is 5.92 Å². The lowest BCUT2D eigenvalue weighted by atomic mass is 9.74. The molecule has 1 aliphatic carbocycles. The number of rotatable bonds is 5. The molecule has 1 aliphatic heterocycles. The van der Waals surface area contributed by atoms with E-state index in [0.29, 0.717) is 23.9 Å². The number of amides is 1. The van der Waals surface area contributed by atoms with Gasteiger partial charge in [0.1, 0.15) is 0 Å². The Bertz CT molecular complexity index is 987. The van der Waals surface area contributed by atoms with E-state index in [1.165, 1.54) is 12.8 Å². The molecule has 7 nitrogen and oxygen atoms in total. The van der Waals surface area contributed by atoms with Gasteiger partial charge in [-0.2, -0.15) is 4.98 Å². The molecule has 1 unspecified atom stereocenters. The summed E-state index contributed by atoms with van der Waals surface area (Å²) in [6, 6.07) is 7.28. The molecule has 0 N–H and O–H groups in total. The SMILES string of the molecule is O=C(c1ccncc1)N1CCCC(CC2CC2)(c2noc(-c3ccncc3)n2)C1. The van der Waals surface area contributed by atoms with E-state index in [0.717, 1.165) is 37.2 Å². The number of aromatic nitrogens is 4. The minimum atomic E-state index is -0.253. The minimum absolute atomic E-state index is 0.0464. The van der Waals surface area contributed by atoms with Crippen molar-refractivity contribution < 1.29 is 9.32 Å². The van der Waals surface area contributed by atoms with E-state index >= 15 is 0 Å². The summed E-state index contributed by atoms with van der Waals surface area (Å²) in [4.78, 5) is 27.9. The average Bonchev–Trinajstić information content (AvgIpc) is 3.44. The van der Waals surface area contributed by atoms with Crippen LogP contribution in [0.2, 0.25) is 0 Å². The van der Waals surface area contributed by atoms with E-state index in [-0.39, 0.29) is 11.3 Å². The zero-order valence-electron chi connectivity index (χ0n) is 16.2. The van der Waals surface area contributed by atoms with Gasteiger partial charge in [0.05, 0.1) is 5.41 Å². The van der Waals surface area contributed by atoms with Crippen LogP contribution in [0.3, 0.4) is 0 Å². The van der Waals surface area contributed by atoms with E-state index in [9.17, 15) is 4.79 Å². The highest BCUT2D eigenvalue weighted by atomic mass is 16.5. The molecule has 0 radical (unpaired) electrons. The fourth-order valence-electron chi connectivity index (χ4n) is 4.35. The van der Waals surface area contributed by atoms with Gasteiger partial charge in [-0.3, -0.25) is 14.8 Å². The maximum Gasteiger partial charge on any atom is 0.258 e. The summed E-state index contributed by atoms with van der Waals surface area (Å²) < 4.78 is 5.61. The van der Waals surface area contributed by atoms with Gasteiger partial charge in [0.2, 0.25) is 0 Å². The monoisotopic (exact) mass is 389 g/mol. The number of likely N-dealkylation sites (tertiary alicyclic amines) is 1. The van der Waals surface area contributed by atoms with Gasteiger partial charge in [-0.1, -0.05) is 18.0 Å². The molecule has 7 heteroatoms. The molecule has 1 saturated heterocycles. The Morgan fingerprint density at radius 3 is 2.55 bits per heavy atom. The predicted molar refractivity (Wildman–Crippen MR) is 106 cm³/mol. The van der Waals surface area contributed by atoms with Crippen LogP contribution >= 0.6 is 0 Å². The van der Waals surface area contributed by atoms with Crippen LogP contribution in [-0.2, 0) is 5.41 Å². The zero-order valence-corrected chi connectivity index (χ0v) is 16.2. The first-order valence-corrected chi connectivity index (χ1v) is 10.2. The Morgan fingerprint density at radius 2 is 1.83 bits per heavy atom. The smallest absolute Gasteiger partial charge is 0.258 e. The number of piperidine rings is 1. The maximum absolute atomic E-state index is 13.1. The quantitative estimate of drug-likeness (QED) is 0.664. The largest absolute Gasteiger partial charge is 0.338 e. The third kappa shape index (κ3) is 3.64. The molecule has 0 spiro atoms. The topological polar surface area (TPSA) is 85.0 Å². The Balaban J connectivity index is 1.45. The second-order valence-electron chi connectivity index (χ2n) is 8.15. The van der Waals surface area contributed by atoms with Gasteiger partial charge >= 0.3 is 0 Å². The highest BCUT2D eigenvalue weighted by Gasteiger charge is 2.45. The molecule has 4 heterocycles. The lowest BCUT2D eigenvalue weighted by molar-refractivity contribution is 0.0607. The molecule has 0 bridgehead atoms. The predicted octanol–water partition coefficient (Wildman–Crippen LogP) is 3.50. The van der Waals surface area contributed by atoms with Gasteiger partial charge < -0.3 is 9.42 Å². The van der Waals surface area contributed by atoms with Crippen molar-refractivity contribution in [1.82, 2.24) is 25.0 Å². The van der Waals surface area contributed by atoms with Crippen molar-refractivity contribution in [2.45, 2.75) is 37.5 Å². The number of pyridine rings is 2. The molecule has 2 fully saturated rings. The van der Waals surface area contributed by atoms with Crippen molar-refractivity contribution in [2.75, 3.05) is 13.1 Å². The minimum Gasteiger partial charge on any atom is -0.338 e. The van der Waals surface area contributed by atoms with Gasteiger partial charge in [0, 0.05) is 49.0 Å². The van der Waals surface area contributed by atoms with Crippen LogP contribution in [0, 0.1) is 5.92 Å². The summed E-state index contributed by atoms with van der Waals surface area (Å²) in [5.74, 6) is 1.97. The van der Waals surface area contributed by atoms with Gasteiger partial charge in [-0.25, -0.2) is 0 Å². The number of nitrogens with zero attached hydrogens (tertiary/aromatic N) is 5. The summed E-state index contributed by atoms with van der Waals surface area (Å²) >= 11 is 0. The van der Waals surface area contributed by atoms with Crippen LogP contribution in [0.15, 0.2) is 53.6 Å². The van der Waals surface area contributed by atoms with Crippen molar-refractivity contribution >= 4 is 5.91 Å². The van der Waals surface area contributed by atoms with Crippen LogP contribution in [0.25, 0.3) is 11.5 Å². The first-order chi connectivity index (χ1) is 14.2. The molecule has 3 aromatic rings. The Hall–Kier alpha value is -3.09. The van der Waals surface area contributed by atoms with Crippen LogP contribution in [-0.4, -0.2) is 44.0 Å². The van der Waals surface area contributed by atoms with E-state index in [4.69, 9.17) is 9.51 Å². The van der Waals surface area contributed by atoms with E-state index in [2.05, 4.69) is 15.1 Å². The summed E-state index contributed by atoms with van der Waals surface area (Å²) in [6.45, 7) is 1.38. The van der Waals surface area contributed by atoms with E-state index in [1.807, 2.05) is 17.0 Å². The molecule has 1 amide bonds. The summed E-state index contributed by atoms with van der Waals surface area (Å²) in [7, 11) is 0. The van der Waals surface area contributed by atoms with E-state index in [1.54, 1.807) is 36.9 Å². The fourth-order valence-corrected chi connectivity index (χ4v) is 4.35. The third-order valence-corrected chi connectivity index (χ3v) is 6.00. The van der Waals surface area contributed by atoms with Gasteiger partial charge in [-0.15, -0.1) is 0 Å². The van der Waals surface area contributed by atoms with Crippen molar-refractivity contribution in [3.63, 3.8) is 0 Å². The number of carbonyl (C=O) groups excluding carboxylic acids is 1. The van der Waals surface area contributed by atoms with Crippen molar-refractivity contribution in [3.05, 3.63) is 60.4 Å². The number of hydrogen-bond donors (Lipinski definition) is 0. The average molecular weight is 389 g/mol. The molecular weight excluding hydrogens is 366 g/mol. The molecule has 5 rings (SSSR count). The molecule has 1 saturated carbocycles. The second-order valence-corrected chi connectivity index (χ2v) is 8.15. The Morgan fingerprint density at radius 1 is 1.10 bits per heavy atom. The Labute approximate surface area is 169 Å². The number of carbonyl (C=O) groups is 1. The Kier molecular flexibility index (Phi) is 4.58. The molecule has 3 aromatic heterocycles. The summed E-state index contributed by atoms with van der Waals surface area (Å²) in [5.41, 5.74) is 1.28. The molecule has 148 valence electrons. The van der Waals surface area contributed by atoms with Crippen LogP contribution in [0.5, 0.6) is 0 Å². The maximum atomic E-state index is 13.1. The van der Waals surface area contributed by atoms with Gasteiger partial charge in [0.15, 0.2) is 5.82 Å². The highest BCUT2D eigenvalue weighted by Crippen LogP contribution is 2.46. The zero-order chi connectivity index (χ0) is 19.7. The summed E-state index contributed by atoms with van der Waals surface area (Å²) in [6.07, 6.45) is 12.2. The first-order valence-electron chi connectivity index (χ1n) is 10.2. The fraction of sp³-hybridized carbons (Fsp3) is 0.409. The molecule has 0 aromatic carbocycles. The van der Waals surface area contributed by atoms with Crippen molar-refractivity contribution in [1.29, 1.82) is 0 Å². The lowest BCUT2D eigenvalue weighted by Crippen LogP contribution is -2.49. The van der Waals surface area contributed by atoms with Crippen LogP contribution in [0.1, 0.15) is 48.3 Å². The molecule has 2 aliphatic rings. The number of hydrogen-bond acceptors (Lipinski definition) is 6. The van der Waals surface area contributed by atoms with Crippen LogP contribution in [0.4, 0.5) is 0 Å². The summed E-state index contributed by atoms with van der Waals surface area (Å²) in [5, 5.41) is 4.38. The molecule has 29 heavy (non-hydrogen) atoms. The lowest BCUT2D eigenvalue weighted by Gasteiger charge is -2.41. The second kappa shape index (κ2) is 7.39. The molecular formula is C22H23N5O2. The van der Waals surface area contributed by atoms with Crippen LogP contribution < -0.4 is 0 Å². The standard InChI is InChI=1S/C22H23N5O2/c28-20(18-6-11-24-12-7-18)27-13-1-8-22(15-27,14-16-2-3-16)21-25-19(29-26-21)17-4-9-23-10-5-17/h4-7,9-12,16H,1-3,8,13-15H2. The highest BCUT2D eigenvalue weighted by molar-refractivity contribution is 5.94. The van der Waals surface area contributed by atoms with Crippen molar-refractivity contribution in [3.8, 4) is 11.5 Å².